The molecule has 0 aliphatic heterocycles. The molecule has 4 aliphatic carbocycles. The lowest BCUT2D eigenvalue weighted by atomic mass is 9.48. The third kappa shape index (κ3) is 3.11. The molecule has 0 atom stereocenters. The van der Waals surface area contributed by atoms with Crippen molar-refractivity contribution < 1.29 is 4.79 Å². The van der Waals surface area contributed by atoms with Gasteiger partial charge in [0.2, 0.25) is 0 Å². The highest BCUT2D eigenvalue weighted by Crippen LogP contribution is 2.60. The Kier molecular flexibility index (Phi) is 4.14. The number of anilines is 1. The van der Waals surface area contributed by atoms with Gasteiger partial charge in [-0.05, 0) is 75.3 Å². The number of benzene rings is 1. The van der Waals surface area contributed by atoms with Crippen molar-refractivity contribution in [2.45, 2.75) is 50.9 Å². The summed E-state index contributed by atoms with van der Waals surface area (Å²) in [6.45, 7) is 1.92. The van der Waals surface area contributed by atoms with E-state index in [1.807, 2.05) is 61.4 Å². The van der Waals surface area contributed by atoms with Crippen LogP contribution in [0.2, 0.25) is 0 Å². The number of carbonyl (C=O) groups is 1. The Labute approximate surface area is 182 Å². The van der Waals surface area contributed by atoms with Crippen LogP contribution in [0.5, 0.6) is 0 Å². The average Bonchev–Trinajstić information content (AvgIpc) is 3.32. The van der Waals surface area contributed by atoms with Crippen LogP contribution in [0.25, 0.3) is 5.69 Å². The average molecular weight is 416 g/mol. The smallest absolute Gasteiger partial charge is 0.259 e. The molecule has 4 fully saturated rings. The largest absolute Gasteiger partial charge is 0.319 e. The SMILES string of the molecule is Cc1nn(C)cc1NC(=O)c1cn(-c2ccccc2)nc1C12CC3CC(CC(C3)C1)C2. The number of hydrogen-bond acceptors (Lipinski definition) is 3. The monoisotopic (exact) mass is 415 g/mol. The maximum Gasteiger partial charge on any atom is 0.259 e. The van der Waals surface area contributed by atoms with Gasteiger partial charge in [-0.3, -0.25) is 9.48 Å². The van der Waals surface area contributed by atoms with Crippen molar-refractivity contribution in [1.82, 2.24) is 19.6 Å². The number of para-hydroxylation sites is 1. The number of carbonyl (C=O) groups excluding carboxylic acids is 1. The summed E-state index contributed by atoms with van der Waals surface area (Å²) in [5.41, 5.74) is 4.35. The minimum absolute atomic E-state index is 0.0471. The zero-order chi connectivity index (χ0) is 21.2. The van der Waals surface area contributed by atoms with Gasteiger partial charge >= 0.3 is 0 Å². The van der Waals surface area contributed by atoms with Gasteiger partial charge in [-0.1, -0.05) is 18.2 Å². The maximum atomic E-state index is 13.5. The van der Waals surface area contributed by atoms with Gasteiger partial charge in [-0.2, -0.15) is 10.2 Å². The van der Waals surface area contributed by atoms with Crippen LogP contribution in [0, 0.1) is 24.7 Å². The van der Waals surface area contributed by atoms with E-state index in [-0.39, 0.29) is 11.3 Å². The summed E-state index contributed by atoms with van der Waals surface area (Å²) >= 11 is 0. The minimum Gasteiger partial charge on any atom is -0.319 e. The van der Waals surface area contributed by atoms with E-state index < -0.39 is 0 Å². The molecule has 0 radical (unpaired) electrons. The van der Waals surface area contributed by atoms with E-state index in [9.17, 15) is 4.79 Å². The molecule has 3 aromatic rings. The van der Waals surface area contributed by atoms with E-state index >= 15 is 0 Å². The van der Waals surface area contributed by atoms with Crippen molar-refractivity contribution in [3.63, 3.8) is 0 Å². The Morgan fingerprint density at radius 1 is 1.00 bits per heavy atom. The highest BCUT2D eigenvalue weighted by atomic mass is 16.1. The molecule has 0 spiro atoms. The topological polar surface area (TPSA) is 64.7 Å². The molecular weight excluding hydrogens is 386 g/mol. The van der Waals surface area contributed by atoms with E-state index in [1.165, 1.54) is 38.5 Å². The molecule has 4 saturated carbocycles. The first-order chi connectivity index (χ1) is 15.0. The molecule has 6 nitrogen and oxygen atoms in total. The Bertz CT molecular complexity index is 1110. The Morgan fingerprint density at radius 3 is 2.23 bits per heavy atom. The molecule has 0 saturated heterocycles. The molecule has 4 aliphatic rings. The van der Waals surface area contributed by atoms with Crippen LogP contribution < -0.4 is 5.32 Å². The van der Waals surface area contributed by atoms with Crippen LogP contribution in [-0.2, 0) is 12.5 Å². The van der Waals surface area contributed by atoms with Gasteiger partial charge in [0.15, 0.2) is 0 Å². The van der Waals surface area contributed by atoms with E-state index in [1.54, 1.807) is 4.68 Å². The maximum absolute atomic E-state index is 13.5. The molecule has 1 aromatic carbocycles. The predicted molar refractivity (Wildman–Crippen MR) is 119 cm³/mol. The Balaban J connectivity index is 1.43. The van der Waals surface area contributed by atoms with Crippen molar-refractivity contribution in [3.05, 3.63) is 59.7 Å². The van der Waals surface area contributed by atoms with Crippen LogP contribution in [-0.4, -0.2) is 25.5 Å². The summed E-state index contributed by atoms with van der Waals surface area (Å²) in [7, 11) is 1.87. The predicted octanol–water partition coefficient (Wildman–Crippen LogP) is 4.63. The molecule has 7 rings (SSSR count). The van der Waals surface area contributed by atoms with Gasteiger partial charge in [0.1, 0.15) is 0 Å². The number of amides is 1. The summed E-state index contributed by atoms with van der Waals surface area (Å²) in [4.78, 5) is 13.5. The molecule has 4 bridgehead atoms. The summed E-state index contributed by atoms with van der Waals surface area (Å²) in [6, 6.07) is 10.1. The van der Waals surface area contributed by atoms with Crippen molar-refractivity contribution >= 4 is 11.6 Å². The van der Waals surface area contributed by atoms with E-state index in [0.29, 0.717) is 5.56 Å². The number of hydrogen-bond donors (Lipinski definition) is 1. The number of nitrogens with zero attached hydrogens (tertiary/aromatic N) is 4. The third-order valence-electron chi connectivity index (χ3n) is 7.78. The summed E-state index contributed by atoms with van der Waals surface area (Å²) in [6.07, 6.45) is 11.4. The summed E-state index contributed by atoms with van der Waals surface area (Å²) < 4.78 is 3.64. The molecule has 2 heterocycles. The van der Waals surface area contributed by atoms with Crippen LogP contribution >= 0.6 is 0 Å². The lowest BCUT2D eigenvalue weighted by Crippen LogP contribution is -2.49. The molecule has 1 amide bonds. The Morgan fingerprint density at radius 2 is 1.65 bits per heavy atom. The van der Waals surface area contributed by atoms with E-state index in [2.05, 4.69) is 10.4 Å². The molecule has 160 valence electrons. The van der Waals surface area contributed by atoms with Gasteiger partial charge in [-0.15, -0.1) is 0 Å². The fourth-order valence-electron chi connectivity index (χ4n) is 6.96. The van der Waals surface area contributed by atoms with Gasteiger partial charge < -0.3 is 5.32 Å². The fraction of sp³-hybridized carbons (Fsp3) is 0.480. The highest BCUT2D eigenvalue weighted by Gasteiger charge is 2.53. The fourth-order valence-corrected chi connectivity index (χ4v) is 6.96. The number of nitrogens with one attached hydrogen (secondary N) is 1. The lowest BCUT2D eigenvalue weighted by Gasteiger charge is -2.56. The minimum atomic E-state index is -0.0796. The first-order valence-electron chi connectivity index (χ1n) is 11.5. The zero-order valence-electron chi connectivity index (χ0n) is 18.2. The van der Waals surface area contributed by atoms with Crippen LogP contribution in [0.15, 0.2) is 42.7 Å². The molecule has 0 unspecified atom stereocenters. The number of rotatable bonds is 4. The molecule has 1 N–H and O–H groups in total. The second-order valence-electron chi connectivity index (χ2n) is 10.1. The van der Waals surface area contributed by atoms with Crippen molar-refractivity contribution in [2.24, 2.45) is 24.8 Å². The lowest BCUT2D eigenvalue weighted by molar-refractivity contribution is -0.00765. The van der Waals surface area contributed by atoms with E-state index in [0.717, 1.165) is 40.5 Å². The highest BCUT2D eigenvalue weighted by molar-refractivity contribution is 6.05. The van der Waals surface area contributed by atoms with Gasteiger partial charge in [0.05, 0.1) is 28.3 Å². The third-order valence-corrected chi connectivity index (χ3v) is 7.78. The second kappa shape index (κ2) is 6.81. The quantitative estimate of drug-likeness (QED) is 0.675. The molecule has 6 heteroatoms. The molecule has 31 heavy (non-hydrogen) atoms. The van der Waals surface area contributed by atoms with E-state index in [4.69, 9.17) is 5.10 Å². The number of aryl methyl sites for hydroxylation is 2. The van der Waals surface area contributed by atoms with Crippen molar-refractivity contribution in [2.75, 3.05) is 5.32 Å². The molecule has 2 aromatic heterocycles. The van der Waals surface area contributed by atoms with Gasteiger partial charge in [-0.25, -0.2) is 4.68 Å². The van der Waals surface area contributed by atoms with Gasteiger partial charge in [0, 0.05) is 24.9 Å². The van der Waals surface area contributed by atoms with Crippen LogP contribution in [0.3, 0.4) is 0 Å². The first-order valence-corrected chi connectivity index (χ1v) is 11.5. The van der Waals surface area contributed by atoms with Gasteiger partial charge in [0.25, 0.3) is 5.91 Å². The Hall–Kier alpha value is -2.89. The van der Waals surface area contributed by atoms with Crippen molar-refractivity contribution in [1.29, 1.82) is 0 Å². The standard InChI is InChI=1S/C25H29N5O/c1-16-22(15-29(2)27-16)26-24(31)21-14-30(20-6-4-3-5-7-20)28-23(21)25-11-17-8-18(12-25)10-19(9-17)13-25/h3-7,14-15,17-19H,8-13H2,1-2H3,(H,26,31). The van der Waals surface area contributed by atoms with Crippen molar-refractivity contribution in [3.8, 4) is 5.69 Å². The van der Waals surface area contributed by atoms with Crippen LogP contribution in [0.4, 0.5) is 5.69 Å². The molecular formula is C25H29N5O. The first kappa shape index (κ1) is 18.8. The van der Waals surface area contributed by atoms with Crippen LogP contribution in [0.1, 0.15) is 60.3 Å². The number of aromatic nitrogens is 4. The summed E-state index contributed by atoms with van der Waals surface area (Å²) in [5, 5.41) is 12.6. The second-order valence-corrected chi connectivity index (χ2v) is 10.1. The normalized spacial score (nSPS) is 28.8. The zero-order valence-corrected chi connectivity index (χ0v) is 18.2. The summed E-state index contributed by atoms with van der Waals surface area (Å²) in [5.74, 6) is 2.31.